The summed E-state index contributed by atoms with van der Waals surface area (Å²) in [7, 11) is 0. The normalized spacial score (nSPS) is 19.4. The van der Waals surface area contributed by atoms with Gasteiger partial charge in [-0.3, -0.25) is 4.79 Å². The van der Waals surface area contributed by atoms with E-state index in [1.807, 2.05) is 11.8 Å². The predicted octanol–water partition coefficient (Wildman–Crippen LogP) is 2.24. The molecule has 2 rings (SSSR count). The van der Waals surface area contributed by atoms with Gasteiger partial charge in [-0.05, 0) is 47.7 Å². The molecule has 1 unspecified atom stereocenters. The average molecular weight is 301 g/mol. The van der Waals surface area contributed by atoms with Crippen molar-refractivity contribution in [2.75, 3.05) is 13.1 Å². The van der Waals surface area contributed by atoms with Crippen molar-refractivity contribution in [2.45, 2.75) is 25.8 Å². The molecule has 1 aliphatic heterocycles. The van der Waals surface area contributed by atoms with Crippen LogP contribution in [0.3, 0.4) is 0 Å². The lowest BCUT2D eigenvalue weighted by molar-refractivity contribution is 0.0679. The Morgan fingerprint density at radius 1 is 1.59 bits per heavy atom. The van der Waals surface area contributed by atoms with Crippen molar-refractivity contribution in [3.8, 4) is 0 Å². The molecule has 1 saturated heterocycles. The highest BCUT2D eigenvalue weighted by Gasteiger charge is 2.26. The molecule has 2 N–H and O–H groups in total. The maximum atomic E-state index is 12.2. The Morgan fingerprint density at radius 2 is 2.24 bits per heavy atom. The molecule has 0 bridgehead atoms. The van der Waals surface area contributed by atoms with Crippen LogP contribution in [0, 0.1) is 5.92 Å². The van der Waals surface area contributed by atoms with Gasteiger partial charge in [0.05, 0.1) is 11.8 Å². The number of likely N-dealkylation sites (tertiary alicyclic amines) is 1. The molecule has 0 radical (unpaired) electrons. The van der Waals surface area contributed by atoms with Crippen LogP contribution in [0.5, 0.6) is 0 Å². The van der Waals surface area contributed by atoms with Crippen LogP contribution in [0.15, 0.2) is 21.4 Å². The van der Waals surface area contributed by atoms with Crippen molar-refractivity contribution in [2.24, 2.45) is 11.7 Å². The molecule has 2 heterocycles. The van der Waals surface area contributed by atoms with Crippen LogP contribution < -0.4 is 5.73 Å². The zero-order valence-corrected chi connectivity index (χ0v) is 11.4. The Hall–Kier alpha value is -0.810. The third kappa shape index (κ3) is 2.72. The van der Waals surface area contributed by atoms with E-state index in [-0.39, 0.29) is 11.9 Å². The molecule has 1 aromatic rings. The van der Waals surface area contributed by atoms with Crippen molar-refractivity contribution in [1.82, 2.24) is 4.90 Å². The number of carbonyl (C=O) groups excluding carboxylic acids is 1. The molecule has 1 aliphatic rings. The highest BCUT2D eigenvalue weighted by atomic mass is 79.9. The van der Waals surface area contributed by atoms with Crippen LogP contribution in [0.4, 0.5) is 0 Å². The second kappa shape index (κ2) is 5.23. The van der Waals surface area contributed by atoms with E-state index in [1.165, 1.54) is 6.26 Å². The summed E-state index contributed by atoms with van der Waals surface area (Å²) in [6, 6.07) is 1.91. The fraction of sp³-hybridized carbons (Fsp3) is 0.583. The van der Waals surface area contributed by atoms with Gasteiger partial charge in [0, 0.05) is 19.1 Å². The van der Waals surface area contributed by atoms with Crippen molar-refractivity contribution in [1.29, 1.82) is 0 Å². The summed E-state index contributed by atoms with van der Waals surface area (Å²) in [6.45, 7) is 3.60. The molecule has 0 aliphatic carbocycles. The third-order valence-electron chi connectivity index (χ3n) is 3.42. The standard InChI is InChI=1S/C12H17BrN2O2/c1-8(14)9-2-5-15(6-3-9)12(16)10-4-7-17-11(10)13/h4,7-9H,2-3,5-6,14H2,1H3. The van der Waals surface area contributed by atoms with Gasteiger partial charge in [-0.25, -0.2) is 0 Å². The third-order valence-corrected chi connectivity index (χ3v) is 4.03. The summed E-state index contributed by atoms with van der Waals surface area (Å²) in [5.74, 6) is 0.570. The number of hydrogen-bond donors (Lipinski definition) is 1. The van der Waals surface area contributed by atoms with Crippen LogP contribution in [0.2, 0.25) is 0 Å². The average Bonchev–Trinajstić information content (AvgIpc) is 2.74. The number of carbonyl (C=O) groups is 1. The quantitative estimate of drug-likeness (QED) is 0.911. The van der Waals surface area contributed by atoms with E-state index < -0.39 is 0 Å². The maximum absolute atomic E-state index is 12.2. The lowest BCUT2D eigenvalue weighted by Gasteiger charge is -2.33. The van der Waals surface area contributed by atoms with Gasteiger partial charge in [0.25, 0.3) is 5.91 Å². The minimum atomic E-state index is 0.0359. The van der Waals surface area contributed by atoms with Crippen molar-refractivity contribution in [3.05, 3.63) is 22.6 Å². The fourth-order valence-electron chi connectivity index (χ4n) is 2.24. The smallest absolute Gasteiger partial charge is 0.258 e. The van der Waals surface area contributed by atoms with Gasteiger partial charge in [0.15, 0.2) is 4.67 Å². The largest absolute Gasteiger partial charge is 0.457 e. The van der Waals surface area contributed by atoms with Gasteiger partial charge < -0.3 is 15.1 Å². The molecule has 0 spiro atoms. The fourth-order valence-corrected chi connectivity index (χ4v) is 2.65. The summed E-state index contributed by atoms with van der Waals surface area (Å²) in [6.07, 6.45) is 3.49. The molecule has 17 heavy (non-hydrogen) atoms. The Balaban J connectivity index is 1.98. The SMILES string of the molecule is CC(N)C1CCN(C(=O)c2ccoc2Br)CC1. The molecule has 0 aromatic carbocycles. The van der Waals surface area contributed by atoms with E-state index >= 15 is 0 Å². The van der Waals surface area contributed by atoms with Crippen molar-refractivity contribution >= 4 is 21.8 Å². The van der Waals surface area contributed by atoms with Crippen LogP contribution in [0.1, 0.15) is 30.1 Å². The van der Waals surface area contributed by atoms with Gasteiger partial charge in [-0.1, -0.05) is 0 Å². The minimum absolute atomic E-state index is 0.0359. The zero-order chi connectivity index (χ0) is 12.4. The first-order valence-electron chi connectivity index (χ1n) is 5.87. The van der Waals surface area contributed by atoms with Gasteiger partial charge >= 0.3 is 0 Å². The molecule has 0 saturated carbocycles. The highest BCUT2D eigenvalue weighted by Crippen LogP contribution is 2.24. The molecule has 1 fully saturated rings. The molecule has 94 valence electrons. The topological polar surface area (TPSA) is 59.5 Å². The number of hydrogen-bond acceptors (Lipinski definition) is 3. The lowest BCUT2D eigenvalue weighted by atomic mass is 9.91. The first-order chi connectivity index (χ1) is 8.09. The van der Waals surface area contributed by atoms with Crippen LogP contribution >= 0.6 is 15.9 Å². The highest BCUT2D eigenvalue weighted by molar-refractivity contribution is 9.10. The maximum Gasteiger partial charge on any atom is 0.258 e. The minimum Gasteiger partial charge on any atom is -0.457 e. The number of nitrogens with two attached hydrogens (primary N) is 1. The molecule has 5 heteroatoms. The van der Waals surface area contributed by atoms with Crippen molar-refractivity contribution in [3.63, 3.8) is 0 Å². The number of amides is 1. The molecule has 4 nitrogen and oxygen atoms in total. The van der Waals surface area contributed by atoms with Gasteiger partial charge in [0.2, 0.25) is 0 Å². The van der Waals surface area contributed by atoms with E-state index in [9.17, 15) is 4.79 Å². The number of rotatable bonds is 2. The van der Waals surface area contributed by atoms with E-state index in [1.54, 1.807) is 6.07 Å². The summed E-state index contributed by atoms with van der Waals surface area (Å²) in [5.41, 5.74) is 6.48. The zero-order valence-electron chi connectivity index (χ0n) is 9.86. The Bertz CT molecular complexity index is 395. The summed E-state index contributed by atoms with van der Waals surface area (Å²) >= 11 is 3.23. The van der Waals surface area contributed by atoms with E-state index in [0.29, 0.717) is 16.2 Å². The van der Waals surface area contributed by atoms with Crippen LogP contribution in [-0.4, -0.2) is 29.9 Å². The van der Waals surface area contributed by atoms with Crippen LogP contribution in [0.25, 0.3) is 0 Å². The number of piperidine rings is 1. The number of nitrogens with zero attached hydrogens (tertiary/aromatic N) is 1. The van der Waals surface area contributed by atoms with E-state index in [2.05, 4.69) is 15.9 Å². The molecular formula is C12H17BrN2O2. The van der Waals surface area contributed by atoms with Gasteiger partial charge in [-0.2, -0.15) is 0 Å². The van der Waals surface area contributed by atoms with E-state index in [4.69, 9.17) is 10.2 Å². The van der Waals surface area contributed by atoms with Crippen LogP contribution in [-0.2, 0) is 0 Å². The first-order valence-corrected chi connectivity index (χ1v) is 6.66. The molecule has 1 amide bonds. The Kier molecular flexibility index (Phi) is 3.89. The summed E-state index contributed by atoms with van der Waals surface area (Å²) in [4.78, 5) is 14.0. The van der Waals surface area contributed by atoms with Gasteiger partial charge in [0.1, 0.15) is 0 Å². The van der Waals surface area contributed by atoms with Crippen molar-refractivity contribution < 1.29 is 9.21 Å². The summed E-state index contributed by atoms with van der Waals surface area (Å²) in [5, 5.41) is 0. The van der Waals surface area contributed by atoms with Gasteiger partial charge in [-0.15, -0.1) is 0 Å². The molecule has 1 aromatic heterocycles. The Morgan fingerprint density at radius 3 is 2.71 bits per heavy atom. The predicted molar refractivity (Wildman–Crippen MR) is 68.7 cm³/mol. The second-order valence-corrected chi connectivity index (χ2v) is 5.32. The lowest BCUT2D eigenvalue weighted by Crippen LogP contribution is -2.42. The molecule has 1 atom stereocenters. The second-order valence-electron chi connectivity index (χ2n) is 4.60. The van der Waals surface area contributed by atoms with E-state index in [0.717, 1.165) is 25.9 Å². The first kappa shape index (κ1) is 12.6. The number of halogens is 1. The Labute approximate surface area is 109 Å². The molecular weight excluding hydrogens is 284 g/mol. The summed E-state index contributed by atoms with van der Waals surface area (Å²) < 4.78 is 5.60. The number of furan rings is 1. The monoisotopic (exact) mass is 300 g/mol.